The summed E-state index contributed by atoms with van der Waals surface area (Å²) >= 11 is 0. The highest BCUT2D eigenvalue weighted by molar-refractivity contribution is 7.92. The highest BCUT2D eigenvalue weighted by Crippen LogP contribution is 2.23. The van der Waals surface area contributed by atoms with Crippen LogP contribution in [0, 0.1) is 11.6 Å². The number of amides is 1. The molecule has 0 radical (unpaired) electrons. The van der Waals surface area contributed by atoms with Gasteiger partial charge in [0.05, 0.1) is 0 Å². The number of carbonyl (C=O) groups is 1. The maximum absolute atomic E-state index is 13.6. The molecule has 0 bridgehead atoms. The highest BCUT2D eigenvalue weighted by Gasteiger charge is 2.28. The summed E-state index contributed by atoms with van der Waals surface area (Å²) in [7, 11) is -4.40. The van der Waals surface area contributed by atoms with Crippen LogP contribution in [0.25, 0.3) is 0 Å². The van der Waals surface area contributed by atoms with E-state index in [1.807, 2.05) is 0 Å². The van der Waals surface area contributed by atoms with Gasteiger partial charge in [-0.3, -0.25) is 4.79 Å². The Morgan fingerprint density at radius 2 is 1.65 bits per heavy atom. The lowest BCUT2D eigenvalue weighted by molar-refractivity contribution is -0.128. The van der Waals surface area contributed by atoms with Gasteiger partial charge in [-0.2, -0.15) is 0 Å². The molecule has 5 nitrogen and oxygen atoms in total. The molecule has 0 unspecified atom stereocenters. The Bertz CT molecular complexity index is 590. The first-order valence-corrected chi connectivity index (χ1v) is 7.63. The Balaban J connectivity index is 3.16. The molecule has 0 heterocycles. The van der Waals surface area contributed by atoms with E-state index in [9.17, 15) is 22.0 Å². The zero-order chi connectivity index (χ0) is 15.5. The van der Waals surface area contributed by atoms with E-state index in [2.05, 4.69) is 0 Å². The smallest absolute Gasteiger partial charge is 0.238 e. The van der Waals surface area contributed by atoms with Crippen LogP contribution in [0.1, 0.15) is 13.8 Å². The second-order valence-electron chi connectivity index (χ2n) is 4.14. The Morgan fingerprint density at radius 3 is 2.05 bits per heavy atom. The number of carbonyl (C=O) groups excluding carboxylic acids is 1. The molecule has 1 aromatic rings. The van der Waals surface area contributed by atoms with Crippen molar-refractivity contribution in [3.8, 4) is 0 Å². The molecule has 1 amide bonds. The van der Waals surface area contributed by atoms with E-state index in [0.717, 1.165) is 0 Å². The Hall–Kier alpha value is -1.70. The van der Waals surface area contributed by atoms with Gasteiger partial charge in [0.2, 0.25) is 5.91 Å². The van der Waals surface area contributed by atoms with E-state index in [4.69, 9.17) is 5.73 Å². The monoisotopic (exact) mass is 306 g/mol. The normalized spacial score (nSPS) is 11.4. The van der Waals surface area contributed by atoms with Gasteiger partial charge in [0.1, 0.15) is 22.3 Å². The molecule has 112 valence electrons. The number of anilines is 1. The molecule has 1 rings (SSSR count). The summed E-state index contributed by atoms with van der Waals surface area (Å²) in [5.74, 6) is -4.28. The number of nitrogens with zero attached hydrogens (tertiary/aromatic N) is 1. The van der Waals surface area contributed by atoms with Gasteiger partial charge in [0.25, 0.3) is 0 Å². The Morgan fingerprint density at radius 1 is 1.20 bits per heavy atom. The molecule has 0 aromatic heterocycles. The van der Waals surface area contributed by atoms with Gasteiger partial charge in [-0.15, -0.1) is 0 Å². The highest BCUT2D eigenvalue weighted by atomic mass is 32.2. The first kappa shape index (κ1) is 16.4. The van der Waals surface area contributed by atoms with E-state index in [1.54, 1.807) is 13.8 Å². The van der Waals surface area contributed by atoms with Crippen molar-refractivity contribution in [2.75, 3.05) is 24.6 Å². The maximum atomic E-state index is 13.6. The van der Waals surface area contributed by atoms with Crippen molar-refractivity contribution < 1.29 is 22.0 Å². The number of halogens is 2. The molecule has 0 aliphatic rings. The van der Waals surface area contributed by atoms with E-state index in [0.29, 0.717) is 25.2 Å². The number of hydrogen-bond donors (Lipinski definition) is 1. The van der Waals surface area contributed by atoms with Crippen LogP contribution in [0.4, 0.5) is 14.5 Å². The second-order valence-corrected chi connectivity index (χ2v) is 6.07. The summed E-state index contributed by atoms with van der Waals surface area (Å²) in [5.41, 5.74) is 4.99. The third-order valence-corrected chi connectivity index (χ3v) is 4.40. The summed E-state index contributed by atoms with van der Waals surface area (Å²) in [5, 5.41) is 0. The molecular formula is C12H16F2N2O3S. The summed E-state index contributed by atoms with van der Waals surface area (Å²) in [4.78, 5) is 11.9. The van der Waals surface area contributed by atoms with Gasteiger partial charge >= 0.3 is 0 Å². The van der Waals surface area contributed by atoms with Crippen molar-refractivity contribution >= 4 is 21.4 Å². The van der Waals surface area contributed by atoms with Crippen LogP contribution in [0.5, 0.6) is 0 Å². The average molecular weight is 306 g/mol. The van der Waals surface area contributed by atoms with Crippen LogP contribution in [-0.4, -0.2) is 38.1 Å². The fraction of sp³-hybridized carbons (Fsp3) is 0.417. The second kappa shape index (κ2) is 6.17. The van der Waals surface area contributed by atoms with Crippen LogP contribution >= 0.6 is 0 Å². The number of nitrogen functional groups attached to an aromatic ring is 1. The molecule has 0 spiro atoms. The van der Waals surface area contributed by atoms with Crippen molar-refractivity contribution in [3.63, 3.8) is 0 Å². The topological polar surface area (TPSA) is 80.5 Å². The summed E-state index contributed by atoms with van der Waals surface area (Å²) < 4.78 is 51.1. The van der Waals surface area contributed by atoms with Gasteiger partial charge in [-0.05, 0) is 26.0 Å². The fourth-order valence-electron chi connectivity index (χ4n) is 1.78. The third kappa shape index (κ3) is 3.44. The zero-order valence-electron chi connectivity index (χ0n) is 11.2. The summed E-state index contributed by atoms with van der Waals surface area (Å²) in [6.07, 6.45) is 0. The summed E-state index contributed by atoms with van der Waals surface area (Å²) in [6.45, 7) is 3.99. The van der Waals surface area contributed by atoms with Gasteiger partial charge in [0.15, 0.2) is 9.84 Å². The number of sulfone groups is 1. The lowest BCUT2D eigenvalue weighted by Gasteiger charge is -2.18. The third-order valence-electron chi connectivity index (χ3n) is 2.76. The van der Waals surface area contributed by atoms with Crippen LogP contribution in [0.3, 0.4) is 0 Å². The maximum Gasteiger partial charge on any atom is 0.238 e. The van der Waals surface area contributed by atoms with Crippen molar-refractivity contribution in [3.05, 3.63) is 23.8 Å². The van der Waals surface area contributed by atoms with E-state index >= 15 is 0 Å². The van der Waals surface area contributed by atoms with Crippen LogP contribution in [0.2, 0.25) is 0 Å². The average Bonchev–Trinajstić information content (AvgIpc) is 2.27. The molecule has 0 saturated heterocycles. The SMILES string of the molecule is CCN(CC)C(=O)CS(=O)(=O)c1c(F)cc(N)cc1F. The number of hydrogen-bond acceptors (Lipinski definition) is 4. The molecule has 0 aliphatic carbocycles. The summed E-state index contributed by atoms with van der Waals surface area (Å²) in [6, 6.07) is 1.41. The molecule has 2 N–H and O–H groups in total. The Kier molecular flexibility index (Phi) is 5.04. The van der Waals surface area contributed by atoms with E-state index < -0.39 is 38.0 Å². The molecule has 0 aliphatic heterocycles. The molecule has 8 heteroatoms. The number of benzene rings is 1. The van der Waals surface area contributed by atoms with Gasteiger partial charge in [0, 0.05) is 18.8 Å². The first-order chi connectivity index (χ1) is 9.22. The van der Waals surface area contributed by atoms with Gasteiger partial charge in [-0.25, -0.2) is 17.2 Å². The van der Waals surface area contributed by atoms with Crippen molar-refractivity contribution in [1.29, 1.82) is 0 Å². The molecule has 0 fully saturated rings. The van der Waals surface area contributed by atoms with Crippen LogP contribution < -0.4 is 5.73 Å². The van der Waals surface area contributed by atoms with Crippen LogP contribution in [-0.2, 0) is 14.6 Å². The first-order valence-electron chi connectivity index (χ1n) is 5.98. The Labute approximate surface area is 116 Å². The molecule has 20 heavy (non-hydrogen) atoms. The predicted octanol–water partition coefficient (Wildman–Crippen LogP) is 1.19. The lowest BCUT2D eigenvalue weighted by Crippen LogP contribution is -2.35. The largest absolute Gasteiger partial charge is 0.399 e. The fourth-order valence-corrected chi connectivity index (χ4v) is 3.14. The van der Waals surface area contributed by atoms with E-state index in [-0.39, 0.29) is 5.69 Å². The number of nitrogens with two attached hydrogens (primary N) is 1. The standard InChI is InChI=1S/C12H16F2N2O3S/c1-3-16(4-2)11(17)7-20(18,19)12-9(13)5-8(15)6-10(12)14/h5-6H,3-4,7,15H2,1-2H3. The zero-order valence-corrected chi connectivity index (χ0v) is 12.0. The van der Waals surface area contributed by atoms with Gasteiger partial charge in [-0.1, -0.05) is 0 Å². The van der Waals surface area contributed by atoms with Crippen LogP contribution in [0.15, 0.2) is 17.0 Å². The van der Waals surface area contributed by atoms with Gasteiger partial charge < -0.3 is 10.6 Å². The molecule has 0 atom stereocenters. The minimum Gasteiger partial charge on any atom is -0.399 e. The van der Waals surface area contributed by atoms with Crippen molar-refractivity contribution in [1.82, 2.24) is 4.90 Å². The lowest BCUT2D eigenvalue weighted by atomic mass is 10.3. The minimum atomic E-state index is -4.40. The predicted molar refractivity (Wildman–Crippen MR) is 70.8 cm³/mol. The van der Waals surface area contributed by atoms with Crippen molar-refractivity contribution in [2.24, 2.45) is 0 Å². The van der Waals surface area contributed by atoms with E-state index in [1.165, 1.54) is 4.90 Å². The molecule has 1 aromatic carbocycles. The quantitative estimate of drug-likeness (QED) is 0.829. The molecular weight excluding hydrogens is 290 g/mol. The van der Waals surface area contributed by atoms with Crippen molar-refractivity contribution in [2.45, 2.75) is 18.7 Å². The minimum absolute atomic E-state index is 0.228. The number of rotatable bonds is 5. The molecule has 0 saturated carbocycles.